The van der Waals surface area contributed by atoms with Crippen molar-refractivity contribution in [2.24, 2.45) is 17.3 Å². The molecule has 1 saturated carbocycles. The first kappa shape index (κ1) is 27.4. The van der Waals surface area contributed by atoms with Gasteiger partial charge in [0, 0.05) is 42.2 Å². The van der Waals surface area contributed by atoms with Crippen LogP contribution < -0.4 is 5.56 Å². The zero-order chi connectivity index (χ0) is 27.6. The number of nitrogens with zero attached hydrogens (tertiary/aromatic N) is 3. The largest absolute Gasteiger partial charge is 0.444 e. The monoisotopic (exact) mass is 531 g/mol. The summed E-state index contributed by atoms with van der Waals surface area (Å²) < 4.78 is 7.18. The van der Waals surface area contributed by atoms with Crippen LogP contribution in [0, 0.1) is 17.3 Å². The van der Waals surface area contributed by atoms with Crippen LogP contribution >= 0.6 is 0 Å². The average molecular weight is 532 g/mol. The second-order valence-electron chi connectivity index (χ2n) is 12.3. The van der Waals surface area contributed by atoms with E-state index in [1.807, 2.05) is 49.1 Å². The summed E-state index contributed by atoms with van der Waals surface area (Å²) in [6.07, 6.45) is 12.5. The fourth-order valence-corrected chi connectivity index (χ4v) is 6.54. The van der Waals surface area contributed by atoms with E-state index >= 15 is 0 Å². The van der Waals surface area contributed by atoms with Crippen LogP contribution in [0.15, 0.2) is 64.3 Å². The molecule has 2 fully saturated rings. The summed E-state index contributed by atoms with van der Waals surface area (Å²) in [4.78, 5) is 33.0. The number of rotatable bonds is 7. The number of hydrogen-bond acceptors (Lipinski definition) is 5. The Kier molecular flexibility index (Phi) is 7.81. The molecule has 0 spiro atoms. The fraction of sp³-hybridized carbons (Fsp3) is 0.531. The number of benzene rings is 1. The Morgan fingerprint density at radius 2 is 1.90 bits per heavy atom. The molecule has 0 bridgehead atoms. The molecular formula is C32H41N3O4. The molecule has 5 rings (SSSR count). The zero-order valence-corrected chi connectivity index (χ0v) is 23.4. The highest BCUT2D eigenvalue weighted by Crippen LogP contribution is 2.41. The molecule has 7 heteroatoms. The highest BCUT2D eigenvalue weighted by Gasteiger charge is 2.49. The standard InChI is InChI=1S/C32H41N3O4/c1-23(18-24-10-6-4-7-11-24)30(37)34-16-14-32(38,31(2,3)21-34)22-35-20-27(29-33-15-17-39-29)26(19-28(35)36)25-12-8-5-9-13-25/h5,8-9,12-13,15,17,19-20,23-24,38H,4,6-7,10-11,14,16,18,21-22H2,1-3H3. The van der Waals surface area contributed by atoms with Crippen molar-refractivity contribution in [1.82, 2.24) is 14.5 Å². The minimum atomic E-state index is -1.16. The van der Waals surface area contributed by atoms with Gasteiger partial charge >= 0.3 is 0 Å². The number of carbonyl (C=O) groups is 1. The van der Waals surface area contributed by atoms with Crippen molar-refractivity contribution in [2.45, 2.75) is 77.9 Å². The molecule has 7 nitrogen and oxygen atoms in total. The first-order chi connectivity index (χ1) is 18.7. The van der Waals surface area contributed by atoms with Gasteiger partial charge < -0.3 is 19.0 Å². The van der Waals surface area contributed by atoms with Gasteiger partial charge in [-0.25, -0.2) is 4.98 Å². The van der Waals surface area contributed by atoms with Gasteiger partial charge in [-0.2, -0.15) is 0 Å². The number of amides is 1. The average Bonchev–Trinajstić information content (AvgIpc) is 3.47. The smallest absolute Gasteiger partial charge is 0.251 e. The van der Waals surface area contributed by atoms with Gasteiger partial charge in [0.05, 0.1) is 23.9 Å². The fourth-order valence-electron chi connectivity index (χ4n) is 6.54. The lowest BCUT2D eigenvalue weighted by Gasteiger charge is -2.51. The molecule has 1 aromatic carbocycles. The predicted molar refractivity (Wildman–Crippen MR) is 152 cm³/mol. The van der Waals surface area contributed by atoms with Crippen LogP contribution in [0.5, 0.6) is 0 Å². The van der Waals surface area contributed by atoms with E-state index in [2.05, 4.69) is 11.9 Å². The SMILES string of the molecule is CC(CC1CCCCC1)C(=O)N1CCC(O)(Cn2cc(-c3ncco3)c(-c3ccccc3)cc2=O)C(C)(C)C1. The zero-order valence-electron chi connectivity index (χ0n) is 23.4. The van der Waals surface area contributed by atoms with Crippen LogP contribution in [0.3, 0.4) is 0 Å². The lowest BCUT2D eigenvalue weighted by atomic mass is 9.69. The molecule has 0 radical (unpaired) electrons. The van der Waals surface area contributed by atoms with Crippen LogP contribution in [0.2, 0.25) is 0 Å². The van der Waals surface area contributed by atoms with Crippen LogP contribution in [-0.4, -0.2) is 44.2 Å². The Labute approximate surface area is 230 Å². The Bertz CT molecular complexity index is 1330. The number of oxazole rings is 1. The van der Waals surface area contributed by atoms with Gasteiger partial charge in [0.15, 0.2) is 0 Å². The Hall–Kier alpha value is -3.19. The summed E-state index contributed by atoms with van der Waals surface area (Å²) >= 11 is 0. The van der Waals surface area contributed by atoms with Crippen molar-refractivity contribution in [3.05, 3.63) is 65.4 Å². The maximum absolute atomic E-state index is 13.4. The third kappa shape index (κ3) is 5.74. The number of hydrogen-bond donors (Lipinski definition) is 1. The quantitative estimate of drug-likeness (QED) is 0.418. The second kappa shape index (κ2) is 11.1. The summed E-state index contributed by atoms with van der Waals surface area (Å²) in [5.74, 6) is 1.25. The maximum Gasteiger partial charge on any atom is 0.251 e. The van der Waals surface area contributed by atoms with E-state index in [1.54, 1.807) is 23.0 Å². The summed E-state index contributed by atoms with van der Waals surface area (Å²) in [6, 6.07) is 11.3. The molecule has 208 valence electrons. The summed E-state index contributed by atoms with van der Waals surface area (Å²) in [5.41, 5.74) is 0.347. The van der Waals surface area contributed by atoms with Crippen molar-refractivity contribution in [3.63, 3.8) is 0 Å². The van der Waals surface area contributed by atoms with Crippen molar-refractivity contribution in [1.29, 1.82) is 0 Å². The van der Waals surface area contributed by atoms with Gasteiger partial charge in [-0.1, -0.05) is 83.2 Å². The maximum atomic E-state index is 13.4. The van der Waals surface area contributed by atoms with Crippen molar-refractivity contribution < 1.29 is 14.3 Å². The van der Waals surface area contributed by atoms with Crippen LogP contribution in [0.25, 0.3) is 22.6 Å². The van der Waals surface area contributed by atoms with Gasteiger partial charge in [0.2, 0.25) is 11.8 Å². The minimum Gasteiger partial charge on any atom is -0.444 e. The molecule has 1 N–H and O–H groups in total. The Morgan fingerprint density at radius 1 is 1.15 bits per heavy atom. The molecule has 2 aromatic heterocycles. The van der Waals surface area contributed by atoms with E-state index in [4.69, 9.17) is 4.42 Å². The normalized spacial score (nSPS) is 22.5. The molecule has 1 saturated heterocycles. The minimum absolute atomic E-state index is 0.00778. The Morgan fingerprint density at radius 3 is 2.56 bits per heavy atom. The third-order valence-electron chi connectivity index (χ3n) is 9.09. The molecule has 1 aliphatic carbocycles. The predicted octanol–water partition coefficient (Wildman–Crippen LogP) is 5.77. The molecule has 2 unspecified atom stereocenters. The first-order valence-corrected chi connectivity index (χ1v) is 14.4. The Balaban J connectivity index is 1.36. The van der Waals surface area contributed by atoms with Gasteiger partial charge in [0.1, 0.15) is 6.26 Å². The van der Waals surface area contributed by atoms with Gasteiger partial charge in [-0.05, 0) is 24.3 Å². The van der Waals surface area contributed by atoms with E-state index in [-0.39, 0.29) is 23.9 Å². The topological polar surface area (TPSA) is 88.6 Å². The first-order valence-electron chi connectivity index (χ1n) is 14.4. The highest BCUT2D eigenvalue weighted by molar-refractivity contribution is 5.79. The van der Waals surface area contributed by atoms with Crippen LogP contribution in [0.1, 0.15) is 65.7 Å². The van der Waals surface area contributed by atoms with E-state index in [0.29, 0.717) is 36.9 Å². The molecule has 3 aromatic rings. The van der Waals surface area contributed by atoms with Crippen LogP contribution in [0.4, 0.5) is 0 Å². The van der Waals surface area contributed by atoms with Gasteiger partial charge in [-0.3, -0.25) is 9.59 Å². The number of carbonyl (C=O) groups excluding carboxylic acids is 1. The molecule has 2 aliphatic rings. The van der Waals surface area contributed by atoms with Crippen LogP contribution in [-0.2, 0) is 11.3 Å². The van der Waals surface area contributed by atoms with Crippen molar-refractivity contribution >= 4 is 5.91 Å². The number of piperidine rings is 1. The molecule has 3 heterocycles. The second-order valence-corrected chi connectivity index (χ2v) is 12.3. The number of likely N-dealkylation sites (tertiary alicyclic amines) is 1. The van der Waals surface area contributed by atoms with Gasteiger partial charge in [0.25, 0.3) is 5.56 Å². The van der Waals surface area contributed by atoms with Gasteiger partial charge in [-0.15, -0.1) is 0 Å². The summed E-state index contributed by atoms with van der Waals surface area (Å²) in [6.45, 7) is 7.12. The number of aromatic nitrogens is 2. The van der Waals surface area contributed by atoms with E-state index < -0.39 is 11.0 Å². The number of pyridine rings is 1. The van der Waals surface area contributed by atoms with E-state index in [9.17, 15) is 14.7 Å². The third-order valence-corrected chi connectivity index (χ3v) is 9.09. The molecule has 1 amide bonds. The molecule has 1 aliphatic heterocycles. The summed E-state index contributed by atoms with van der Waals surface area (Å²) in [7, 11) is 0. The van der Waals surface area contributed by atoms with E-state index in [1.165, 1.54) is 38.4 Å². The highest BCUT2D eigenvalue weighted by atomic mass is 16.3. The number of aliphatic hydroxyl groups is 1. The molecule has 39 heavy (non-hydrogen) atoms. The lowest BCUT2D eigenvalue weighted by molar-refractivity contribution is -0.157. The lowest BCUT2D eigenvalue weighted by Crippen LogP contribution is -2.61. The molecular weight excluding hydrogens is 490 g/mol. The van der Waals surface area contributed by atoms with Crippen molar-refractivity contribution in [3.8, 4) is 22.6 Å². The molecule has 2 atom stereocenters. The van der Waals surface area contributed by atoms with E-state index in [0.717, 1.165) is 17.5 Å². The van der Waals surface area contributed by atoms with Crippen molar-refractivity contribution in [2.75, 3.05) is 13.1 Å². The summed E-state index contributed by atoms with van der Waals surface area (Å²) in [5, 5.41) is 11.9.